The molecular formula is C40H41N9O4. The molecular weight excluding hydrogens is 670 g/mol. The van der Waals surface area contributed by atoms with E-state index in [9.17, 15) is 14.4 Å². The molecule has 0 bridgehead atoms. The minimum Gasteiger partial charge on any atom is -0.334 e. The van der Waals surface area contributed by atoms with Crippen molar-refractivity contribution < 1.29 is 18.9 Å². The maximum atomic E-state index is 11.9. The number of nitrogens with one attached hydrogen (secondary N) is 3. The van der Waals surface area contributed by atoms with Crippen LogP contribution in [-0.4, -0.2) is 47.0 Å². The minimum absolute atomic E-state index is 0.0105. The third-order valence-corrected chi connectivity index (χ3v) is 10.1. The fraction of sp³-hybridized carbons (Fsp3) is 0.275. The van der Waals surface area contributed by atoms with E-state index in [0.29, 0.717) is 11.7 Å². The molecule has 3 aliphatic heterocycles. The highest BCUT2D eigenvalue weighted by atomic mass is 16.5. The van der Waals surface area contributed by atoms with Gasteiger partial charge in [0.05, 0.1) is 34.6 Å². The predicted octanol–water partition coefficient (Wildman–Crippen LogP) is 6.79. The summed E-state index contributed by atoms with van der Waals surface area (Å²) in [5.74, 6) is 1.17. The Balaban J connectivity index is 0.000000123. The van der Waals surface area contributed by atoms with E-state index in [-0.39, 0.29) is 17.7 Å². The SMILES string of the molecule is CC1(C)C(=O)Nc2cc(-n3ccnc3)ccc21.Cc1cn(-c2ccc3c(c2)NC(=O)C3(C)C)cn1.Cc1noc(-c2ccc3c(c2)NC(=O)C3(C)C)n1. The molecule has 6 aromatic rings. The zero-order valence-corrected chi connectivity index (χ0v) is 30.9. The fourth-order valence-electron chi connectivity index (χ4n) is 6.60. The van der Waals surface area contributed by atoms with E-state index < -0.39 is 16.2 Å². The van der Waals surface area contributed by atoms with Gasteiger partial charge in [0.15, 0.2) is 5.82 Å². The lowest BCUT2D eigenvalue weighted by Crippen LogP contribution is -2.26. The van der Waals surface area contributed by atoms with Crippen LogP contribution < -0.4 is 16.0 Å². The first-order valence-corrected chi connectivity index (χ1v) is 17.2. The molecule has 0 fully saturated rings. The molecule has 0 aliphatic carbocycles. The lowest BCUT2D eigenvalue weighted by molar-refractivity contribution is -0.120. The van der Waals surface area contributed by atoms with Crippen LogP contribution in [-0.2, 0) is 30.6 Å². The Bertz CT molecular complexity index is 2290. The van der Waals surface area contributed by atoms with E-state index >= 15 is 0 Å². The molecule has 13 nitrogen and oxygen atoms in total. The van der Waals surface area contributed by atoms with Gasteiger partial charge in [0.1, 0.15) is 0 Å². The van der Waals surface area contributed by atoms with Gasteiger partial charge in [-0.3, -0.25) is 14.4 Å². The summed E-state index contributed by atoms with van der Waals surface area (Å²) in [6.45, 7) is 15.3. The molecule has 9 rings (SSSR count). The van der Waals surface area contributed by atoms with Gasteiger partial charge in [0, 0.05) is 52.6 Å². The van der Waals surface area contributed by atoms with Gasteiger partial charge in [-0.2, -0.15) is 4.98 Å². The minimum atomic E-state index is -0.487. The smallest absolute Gasteiger partial charge is 0.257 e. The van der Waals surface area contributed by atoms with E-state index in [4.69, 9.17) is 4.52 Å². The van der Waals surface area contributed by atoms with Crippen molar-refractivity contribution >= 4 is 34.8 Å². The number of anilines is 3. The van der Waals surface area contributed by atoms with Crippen LogP contribution in [0, 0.1) is 13.8 Å². The second kappa shape index (κ2) is 12.7. The number of carbonyl (C=O) groups excluding carboxylic acids is 3. The van der Waals surface area contributed by atoms with Crippen LogP contribution in [0.15, 0.2) is 90.4 Å². The maximum absolute atomic E-state index is 11.9. The molecule has 0 unspecified atom stereocenters. The van der Waals surface area contributed by atoms with Crippen molar-refractivity contribution in [2.45, 2.75) is 71.6 Å². The van der Waals surface area contributed by atoms with Crippen LogP contribution in [0.1, 0.15) is 69.8 Å². The van der Waals surface area contributed by atoms with Crippen LogP contribution in [0.5, 0.6) is 0 Å². The van der Waals surface area contributed by atoms with Gasteiger partial charge in [-0.25, -0.2) is 9.97 Å². The summed E-state index contributed by atoms with van der Waals surface area (Å²) in [5, 5.41) is 12.5. The molecule has 0 saturated carbocycles. The summed E-state index contributed by atoms with van der Waals surface area (Å²) in [6.07, 6.45) is 9.09. The number of hydrogen-bond donors (Lipinski definition) is 3. The number of benzene rings is 3. The Morgan fingerprint density at radius 1 is 0.642 bits per heavy atom. The number of hydrogen-bond acceptors (Lipinski definition) is 8. The second-order valence-electron chi connectivity index (χ2n) is 15.0. The van der Waals surface area contributed by atoms with Crippen LogP contribution in [0.2, 0.25) is 0 Å². The van der Waals surface area contributed by atoms with E-state index in [0.717, 1.165) is 56.4 Å². The van der Waals surface area contributed by atoms with Gasteiger partial charge in [-0.05, 0) is 108 Å². The lowest BCUT2D eigenvalue weighted by Gasteiger charge is -2.15. The molecule has 0 radical (unpaired) electrons. The largest absolute Gasteiger partial charge is 0.334 e. The van der Waals surface area contributed by atoms with Crippen molar-refractivity contribution in [3.63, 3.8) is 0 Å². The van der Waals surface area contributed by atoms with Crippen LogP contribution >= 0.6 is 0 Å². The number of imidazole rings is 2. The molecule has 13 heteroatoms. The Kier molecular flexibility index (Phi) is 8.39. The first kappa shape index (κ1) is 35.1. The summed E-state index contributed by atoms with van der Waals surface area (Å²) in [7, 11) is 0. The Morgan fingerprint density at radius 2 is 1.15 bits per heavy atom. The predicted molar refractivity (Wildman–Crippen MR) is 201 cm³/mol. The van der Waals surface area contributed by atoms with Crippen molar-refractivity contribution in [2.24, 2.45) is 0 Å². The number of aryl methyl sites for hydroxylation is 2. The lowest BCUT2D eigenvalue weighted by atomic mass is 9.86. The Hall–Kier alpha value is -6.37. The van der Waals surface area contributed by atoms with Crippen molar-refractivity contribution in [2.75, 3.05) is 16.0 Å². The number of nitrogens with zero attached hydrogens (tertiary/aromatic N) is 6. The zero-order valence-electron chi connectivity index (χ0n) is 30.9. The highest BCUT2D eigenvalue weighted by Gasteiger charge is 2.40. The van der Waals surface area contributed by atoms with Gasteiger partial charge in [-0.1, -0.05) is 23.4 Å². The van der Waals surface area contributed by atoms with Gasteiger partial charge in [0.2, 0.25) is 17.7 Å². The van der Waals surface area contributed by atoms with E-state index in [1.807, 2.05) is 125 Å². The molecule has 53 heavy (non-hydrogen) atoms. The number of carbonyl (C=O) groups is 3. The molecule has 3 aliphatic rings. The first-order valence-electron chi connectivity index (χ1n) is 17.2. The van der Waals surface area contributed by atoms with Crippen molar-refractivity contribution in [3.05, 3.63) is 114 Å². The summed E-state index contributed by atoms with van der Waals surface area (Å²) >= 11 is 0. The summed E-state index contributed by atoms with van der Waals surface area (Å²) < 4.78 is 8.98. The standard InChI is InChI=1S/C14H15N3O.C13H13N3O2.C13H13N3O/c1-9-7-17(8-15-9)10-4-5-11-12(6-10)16-13(18)14(11,2)3;1-7-14-11(18-16-7)8-4-5-9-10(6-8)15-12(17)13(9,2)3;1-13(2)10-4-3-9(16-6-5-14-8-16)7-11(10)15-12(13)17/h4-8H,1-3H3,(H,16,18);4-6H,1-3H3,(H,15,17);3-8H,1-2H3,(H,15,17). The molecule has 3 aromatic carbocycles. The average Bonchev–Trinajstić information content (AvgIpc) is 3.97. The van der Waals surface area contributed by atoms with Gasteiger partial charge in [0.25, 0.3) is 5.89 Å². The molecule has 0 spiro atoms. The monoisotopic (exact) mass is 711 g/mol. The van der Waals surface area contributed by atoms with Gasteiger partial charge < -0.3 is 29.6 Å². The summed E-state index contributed by atoms with van der Waals surface area (Å²) in [5.41, 5.74) is 8.12. The molecule has 270 valence electrons. The van der Waals surface area contributed by atoms with Crippen LogP contribution in [0.4, 0.5) is 17.1 Å². The van der Waals surface area contributed by atoms with Crippen LogP contribution in [0.25, 0.3) is 22.8 Å². The average molecular weight is 712 g/mol. The molecule has 6 heterocycles. The van der Waals surface area contributed by atoms with E-state index in [1.54, 1.807) is 25.8 Å². The number of fused-ring (bicyclic) bond motifs is 3. The zero-order chi connectivity index (χ0) is 37.9. The second-order valence-corrected chi connectivity index (χ2v) is 15.0. The highest BCUT2D eigenvalue weighted by Crippen LogP contribution is 2.40. The maximum Gasteiger partial charge on any atom is 0.257 e. The highest BCUT2D eigenvalue weighted by molar-refractivity contribution is 6.07. The molecule has 3 amide bonds. The fourth-order valence-corrected chi connectivity index (χ4v) is 6.60. The summed E-state index contributed by atoms with van der Waals surface area (Å²) in [4.78, 5) is 47.9. The molecule has 0 atom stereocenters. The molecule has 3 N–H and O–H groups in total. The topological polar surface area (TPSA) is 162 Å². The normalized spacial score (nSPS) is 16.6. The number of aromatic nitrogens is 6. The first-order chi connectivity index (χ1) is 25.0. The Morgan fingerprint density at radius 3 is 1.60 bits per heavy atom. The van der Waals surface area contributed by atoms with E-state index in [1.165, 1.54) is 0 Å². The van der Waals surface area contributed by atoms with Crippen LogP contribution in [0.3, 0.4) is 0 Å². The number of rotatable bonds is 3. The number of amides is 3. The van der Waals surface area contributed by atoms with Crippen molar-refractivity contribution in [3.8, 4) is 22.8 Å². The Labute approximate surface area is 306 Å². The third kappa shape index (κ3) is 6.28. The van der Waals surface area contributed by atoms with E-state index in [2.05, 4.69) is 36.1 Å². The molecule has 0 saturated heterocycles. The third-order valence-electron chi connectivity index (χ3n) is 10.1. The summed E-state index contributed by atoms with van der Waals surface area (Å²) in [6, 6.07) is 17.7. The van der Waals surface area contributed by atoms with Gasteiger partial charge >= 0.3 is 0 Å². The molecule has 3 aromatic heterocycles. The van der Waals surface area contributed by atoms with Crippen molar-refractivity contribution in [1.29, 1.82) is 0 Å². The quantitative estimate of drug-likeness (QED) is 0.181. The van der Waals surface area contributed by atoms with Crippen molar-refractivity contribution in [1.82, 2.24) is 29.2 Å². The van der Waals surface area contributed by atoms with Gasteiger partial charge in [-0.15, -0.1) is 0 Å².